The van der Waals surface area contributed by atoms with E-state index in [1.165, 1.54) is 21.9 Å². The normalized spacial score (nSPS) is 11.0. The third kappa shape index (κ3) is 2.28. The molecule has 0 amide bonds. The highest BCUT2D eigenvalue weighted by Gasteiger charge is 2.10. The number of aryl methyl sites for hydroxylation is 2. The van der Waals surface area contributed by atoms with E-state index in [2.05, 4.69) is 26.0 Å². The fourth-order valence-electron chi connectivity index (χ4n) is 2.58. The Bertz CT molecular complexity index is 559. The van der Waals surface area contributed by atoms with E-state index in [9.17, 15) is 0 Å². The van der Waals surface area contributed by atoms with E-state index in [0.717, 1.165) is 37.1 Å². The molecule has 0 heterocycles. The van der Waals surface area contributed by atoms with Crippen molar-refractivity contribution in [3.63, 3.8) is 0 Å². The lowest BCUT2D eigenvalue weighted by Gasteiger charge is -2.14. The van der Waals surface area contributed by atoms with Gasteiger partial charge in [0.05, 0.1) is 0 Å². The van der Waals surface area contributed by atoms with E-state index < -0.39 is 0 Å². The van der Waals surface area contributed by atoms with E-state index >= 15 is 0 Å². The number of nitrogen functional groups attached to an aromatic ring is 2. The van der Waals surface area contributed by atoms with Gasteiger partial charge in [-0.1, -0.05) is 32.8 Å². The van der Waals surface area contributed by atoms with Gasteiger partial charge < -0.3 is 11.5 Å². The molecule has 0 radical (unpaired) electrons. The van der Waals surface area contributed by atoms with Gasteiger partial charge in [0.2, 0.25) is 0 Å². The number of benzene rings is 2. The number of anilines is 2. The van der Waals surface area contributed by atoms with Crippen LogP contribution < -0.4 is 11.5 Å². The van der Waals surface area contributed by atoms with E-state index in [1.54, 1.807) is 0 Å². The quantitative estimate of drug-likeness (QED) is 0.799. The smallest absolute Gasteiger partial charge is 0.0385 e. The molecule has 0 saturated heterocycles. The van der Waals surface area contributed by atoms with Crippen LogP contribution in [0.4, 0.5) is 11.4 Å². The molecule has 0 bridgehead atoms. The monoisotopic (exact) mass is 242 g/mol. The predicted molar refractivity (Wildman–Crippen MR) is 80.8 cm³/mol. The van der Waals surface area contributed by atoms with Crippen LogP contribution in [0.1, 0.15) is 37.8 Å². The second-order valence-corrected chi connectivity index (χ2v) is 4.91. The molecule has 0 atom stereocenters. The van der Waals surface area contributed by atoms with Crippen molar-refractivity contribution < 1.29 is 0 Å². The molecule has 2 aromatic carbocycles. The Morgan fingerprint density at radius 3 is 2.33 bits per heavy atom. The summed E-state index contributed by atoms with van der Waals surface area (Å²) in [6.07, 6.45) is 4.29. The van der Waals surface area contributed by atoms with Crippen LogP contribution in [-0.2, 0) is 12.8 Å². The summed E-state index contributed by atoms with van der Waals surface area (Å²) in [4.78, 5) is 0. The third-order valence-corrected chi connectivity index (χ3v) is 3.42. The van der Waals surface area contributed by atoms with E-state index in [-0.39, 0.29) is 0 Å². The Kier molecular flexibility index (Phi) is 3.75. The van der Waals surface area contributed by atoms with Gasteiger partial charge in [-0.2, -0.15) is 0 Å². The molecular formula is C16H22N2. The first-order chi connectivity index (χ1) is 8.67. The molecule has 0 saturated carbocycles. The van der Waals surface area contributed by atoms with Crippen LogP contribution >= 0.6 is 0 Å². The lowest BCUT2D eigenvalue weighted by atomic mass is 9.93. The first kappa shape index (κ1) is 12.7. The molecule has 2 aromatic rings. The summed E-state index contributed by atoms with van der Waals surface area (Å²) in [5.74, 6) is 0. The molecule has 0 spiro atoms. The summed E-state index contributed by atoms with van der Waals surface area (Å²) in [5, 5.41) is 2.47. The fourth-order valence-corrected chi connectivity index (χ4v) is 2.58. The third-order valence-electron chi connectivity index (χ3n) is 3.42. The van der Waals surface area contributed by atoms with Gasteiger partial charge in [-0.25, -0.2) is 0 Å². The van der Waals surface area contributed by atoms with Crippen molar-refractivity contribution in [2.45, 2.75) is 39.5 Å². The SMILES string of the molecule is CCCc1cc2cc(N)ccc2c(CCC)c1N. The molecule has 2 rings (SSSR count). The van der Waals surface area contributed by atoms with Crippen LogP contribution in [0.3, 0.4) is 0 Å². The Morgan fingerprint density at radius 1 is 0.944 bits per heavy atom. The Hall–Kier alpha value is -1.70. The molecule has 96 valence electrons. The highest BCUT2D eigenvalue weighted by molar-refractivity contribution is 5.93. The summed E-state index contributed by atoms with van der Waals surface area (Å²) in [6.45, 7) is 4.37. The minimum Gasteiger partial charge on any atom is -0.399 e. The fraction of sp³-hybridized carbons (Fsp3) is 0.375. The van der Waals surface area contributed by atoms with Crippen LogP contribution in [0.2, 0.25) is 0 Å². The van der Waals surface area contributed by atoms with Gasteiger partial charge in [-0.3, -0.25) is 0 Å². The molecule has 4 N–H and O–H groups in total. The second-order valence-electron chi connectivity index (χ2n) is 4.91. The maximum atomic E-state index is 6.33. The molecule has 0 aromatic heterocycles. The largest absolute Gasteiger partial charge is 0.399 e. The number of rotatable bonds is 4. The lowest BCUT2D eigenvalue weighted by molar-refractivity contribution is 0.906. The van der Waals surface area contributed by atoms with Crippen molar-refractivity contribution in [3.05, 3.63) is 35.4 Å². The molecule has 0 aliphatic rings. The van der Waals surface area contributed by atoms with Crippen molar-refractivity contribution in [1.29, 1.82) is 0 Å². The molecule has 0 unspecified atom stereocenters. The van der Waals surface area contributed by atoms with Gasteiger partial charge in [-0.15, -0.1) is 0 Å². The highest BCUT2D eigenvalue weighted by atomic mass is 14.6. The van der Waals surface area contributed by atoms with E-state index in [4.69, 9.17) is 11.5 Å². The van der Waals surface area contributed by atoms with Crippen LogP contribution in [0, 0.1) is 0 Å². The van der Waals surface area contributed by atoms with Crippen LogP contribution in [0.15, 0.2) is 24.3 Å². The van der Waals surface area contributed by atoms with Crippen molar-refractivity contribution in [1.82, 2.24) is 0 Å². The molecule has 2 heteroatoms. The second kappa shape index (κ2) is 5.30. The minimum absolute atomic E-state index is 0.817. The van der Waals surface area contributed by atoms with Gasteiger partial charge >= 0.3 is 0 Å². The van der Waals surface area contributed by atoms with E-state index in [0.29, 0.717) is 0 Å². The van der Waals surface area contributed by atoms with Gasteiger partial charge in [0.1, 0.15) is 0 Å². The summed E-state index contributed by atoms with van der Waals surface area (Å²) in [7, 11) is 0. The molecule has 18 heavy (non-hydrogen) atoms. The first-order valence-electron chi connectivity index (χ1n) is 6.76. The average molecular weight is 242 g/mol. The van der Waals surface area contributed by atoms with Crippen molar-refractivity contribution in [3.8, 4) is 0 Å². The molecule has 0 fully saturated rings. The summed E-state index contributed by atoms with van der Waals surface area (Å²) in [6, 6.07) is 8.30. The topological polar surface area (TPSA) is 52.0 Å². The maximum Gasteiger partial charge on any atom is 0.0385 e. The van der Waals surface area contributed by atoms with Gasteiger partial charge in [0.15, 0.2) is 0 Å². The predicted octanol–water partition coefficient (Wildman–Crippen LogP) is 3.91. The number of fused-ring (bicyclic) bond motifs is 1. The van der Waals surface area contributed by atoms with Crippen molar-refractivity contribution in [2.24, 2.45) is 0 Å². The van der Waals surface area contributed by atoms with E-state index in [1.807, 2.05) is 12.1 Å². The summed E-state index contributed by atoms with van der Waals surface area (Å²) in [5.41, 5.74) is 16.6. The van der Waals surface area contributed by atoms with Crippen LogP contribution in [-0.4, -0.2) is 0 Å². The van der Waals surface area contributed by atoms with Gasteiger partial charge in [0.25, 0.3) is 0 Å². The molecule has 0 aliphatic heterocycles. The summed E-state index contributed by atoms with van der Waals surface area (Å²) < 4.78 is 0. The zero-order valence-electron chi connectivity index (χ0n) is 11.3. The zero-order chi connectivity index (χ0) is 13.1. The zero-order valence-corrected chi connectivity index (χ0v) is 11.3. The lowest BCUT2D eigenvalue weighted by Crippen LogP contribution is -2.02. The summed E-state index contributed by atoms with van der Waals surface area (Å²) >= 11 is 0. The highest BCUT2D eigenvalue weighted by Crippen LogP contribution is 2.31. The van der Waals surface area contributed by atoms with Crippen LogP contribution in [0.25, 0.3) is 10.8 Å². The van der Waals surface area contributed by atoms with Crippen LogP contribution in [0.5, 0.6) is 0 Å². The Balaban J connectivity index is 2.70. The van der Waals surface area contributed by atoms with Crippen molar-refractivity contribution >= 4 is 22.1 Å². The molecule has 2 nitrogen and oxygen atoms in total. The molecule has 0 aliphatic carbocycles. The standard InChI is InChI=1S/C16H22N2/c1-3-5-11-9-12-10-13(17)7-8-14(12)15(6-4-2)16(11)18/h7-10H,3-6,17-18H2,1-2H3. The minimum atomic E-state index is 0.817. The maximum absolute atomic E-state index is 6.33. The number of nitrogens with two attached hydrogens (primary N) is 2. The van der Waals surface area contributed by atoms with Crippen molar-refractivity contribution in [2.75, 3.05) is 11.5 Å². The number of hydrogen-bond acceptors (Lipinski definition) is 2. The van der Waals surface area contributed by atoms with Gasteiger partial charge in [0, 0.05) is 11.4 Å². The Labute approximate surface area is 109 Å². The molecular weight excluding hydrogens is 220 g/mol. The Morgan fingerprint density at radius 2 is 1.67 bits per heavy atom. The number of hydrogen-bond donors (Lipinski definition) is 2. The average Bonchev–Trinajstić information content (AvgIpc) is 2.34. The van der Waals surface area contributed by atoms with Gasteiger partial charge in [-0.05, 0) is 52.9 Å². The first-order valence-corrected chi connectivity index (χ1v) is 6.76.